The minimum Gasteiger partial charge on any atom is -0.312 e. The van der Waals surface area contributed by atoms with Gasteiger partial charge in [-0.3, -0.25) is 9.78 Å². The maximum absolute atomic E-state index is 12.0. The third kappa shape index (κ3) is 3.65. The molecule has 2 unspecified atom stereocenters. The van der Waals surface area contributed by atoms with Crippen molar-refractivity contribution in [1.29, 1.82) is 0 Å². The van der Waals surface area contributed by atoms with Gasteiger partial charge in [0.05, 0.1) is 0 Å². The zero-order valence-electron chi connectivity index (χ0n) is 14.4. The number of amides is 1. The van der Waals surface area contributed by atoms with Gasteiger partial charge in [0.1, 0.15) is 0 Å². The Labute approximate surface area is 143 Å². The molecule has 1 N–H and O–H groups in total. The normalized spacial score (nSPS) is 17.1. The molecule has 1 aliphatic heterocycles. The third-order valence-electron chi connectivity index (χ3n) is 4.72. The lowest BCUT2D eigenvalue weighted by Gasteiger charge is -2.24. The fourth-order valence-corrected chi connectivity index (χ4v) is 3.33. The molecule has 0 spiro atoms. The Morgan fingerprint density at radius 2 is 2.00 bits per heavy atom. The topological polar surface area (TPSA) is 45.2 Å². The van der Waals surface area contributed by atoms with Crippen molar-refractivity contribution in [2.45, 2.75) is 45.2 Å². The van der Waals surface area contributed by atoms with Gasteiger partial charge in [-0.15, -0.1) is 0 Å². The lowest BCUT2D eigenvalue weighted by Crippen LogP contribution is -2.26. The molecule has 1 saturated heterocycles. The summed E-state index contributed by atoms with van der Waals surface area (Å²) in [5, 5.41) is 3.70. The summed E-state index contributed by atoms with van der Waals surface area (Å²) < 4.78 is 0. The summed E-state index contributed by atoms with van der Waals surface area (Å²) >= 11 is 0. The Hall–Kier alpha value is -2.20. The van der Waals surface area contributed by atoms with Crippen LogP contribution in [0.15, 0.2) is 48.8 Å². The highest BCUT2D eigenvalue weighted by atomic mass is 16.2. The quantitative estimate of drug-likeness (QED) is 0.873. The van der Waals surface area contributed by atoms with Crippen LogP contribution in [0.3, 0.4) is 0 Å². The van der Waals surface area contributed by atoms with Gasteiger partial charge < -0.3 is 10.2 Å². The Morgan fingerprint density at radius 3 is 2.67 bits per heavy atom. The molecular formula is C20H25N3O. The lowest BCUT2D eigenvalue weighted by molar-refractivity contribution is -0.117. The summed E-state index contributed by atoms with van der Waals surface area (Å²) in [5.74, 6) is 0.232. The number of hydrogen-bond acceptors (Lipinski definition) is 3. The SMILES string of the molecule is CCC(NC(C)c1cccc(N2CCCC2=O)c1)c1ccncc1. The van der Waals surface area contributed by atoms with E-state index in [9.17, 15) is 4.79 Å². The second-order valence-electron chi connectivity index (χ2n) is 6.37. The molecule has 4 heteroatoms. The smallest absolute Gasteiger partial charge is 0.227 e. The average Bonchev–Trinajstić information content (AvgIpc) is 3.06. The molecule has 1 aliphatic rings. The van der Waals surface area contributed by atoms with Crippen LogP contribution in [0.25, 0.3) is 0 Å². The van der Waals surface area contributed by atoms with Gasteiger partial charge in [0, 0.05) is 43.1 Å². The van der Waals surface area contributed by atoms with Crippen molar-refractivity contribution in [3.05, 3.63) is 59.9 Å². The van der Waals surface area contributed by atoms with E-state index in [0.29, 0.717) is 12.5 Å². The molecule has 3 rings (SSSR count). The minimum atomic E-state index is 0.209. The molecule has 4 nitrogen and oxygen atoms in total. The molecule has 0 aliphatic carbocycles. The highest BCUT2D eigenvalue weighted by Gasteiger charge is 2.22. The molecular weight excluding hydrogens is 298 g/mol. The second-order valence-corrected chi connectivity index (χ2v) is 6.37. The van der Waals surface area contributed by atoms with E-state index in [0.717, 1.165) is 25.1 Å². The van der Waals surface area contributed by atoms with Gasteiger partial charge >= 0.3 is 0 Å². The highest BCUT2D eigenvalue weighted by molar-refractivity contribution is 5.95. The van der Waals surface area contributed by atoms with E-state index >= 15 is 0 Å². The van der Waals surface area contributed by atoms with Gasteiger partial charge in [0.25, 0.3) is 0 Å². The zero-order chi connectivity index (χ0) is 16.9. The standard InChI is InChI=1S/C20H25N3O/c1-3-19(16-9-11-21-12-10-16)22-15(2)17-6-4-7-18(14-17)23-13-5-8-20(23)24/h4,6-7,9-12,14-15,19,22H,3,5,8,13H2,1-2H3. The molecule has 1 aromatic carbocycles. The van der Waals surface area contributed by atoms with E-state index in [4.69, 9.17) is 0 Å². The van der Waals surface area contributed by atoms with Gasteiger partial charge in [-0.25, -0.2) is 0 Å². The van der Waals surface area contributed by atoms with E-state index in [1.807, 2.05) is 29.4 Å². The fourth-order valence-electron chi connectivity index (χ4n) is 3.33. The Bertz CT molecular complexity index is 686. The number of pyridine rings is 1. The molecule has 2 atom stereocenters. The van der Waals surface area contributed by atoms with Crippen molar-refractivity contribution in [3.63, 3.8) is 0 Å². The number of nitrogens with one attached hydrogen (secondary N) is 1. The average molecular weight is 323 g/mol. The number of hydrogen-bond donors (Lipinski definition) is 1. The maximum Gasteiger partial charge on any atom is 0.227 e. The van der Waals surface area contributed by atoms with Crippen molar-refractivity contribution in [2.75, 3.05) is 11.4 Å². The van der Waals surface area contributed by atoms with Crippen molar-refractivity contribution in [1.82, 2.24) is 10.3 Å². The number of anilines is 1. The number of benzene rings is 1. The van der Waals surface area contributed by atoms with Gasteiger partial charge in [-0.2, -0.15) is 0 Å². The number of rotatable bonds is 6. The predicted molar refractivity (Wildman–Crippen MR) is 96.8 cm³/mol. The molecule has 0 bridgehead atoms. The van der Waals surface area contributed by atoms with Gasteiger partial charge in [-0.1, -0.05) is 19.1 Å². The zero-order valence-corrected chi connectivity index (χ0v) is 14.4. The molecule has 0 saturated carbocycles. The van der Waals surface area contributed by atoms with Crippen LogP contribution in [0.5, 0.6) is 0 Å². The molecule has 2 heterocycles. The largest absolute Gasteiger partial charge is 0.312 e. The number of carbonyl (C=O) groups excluding carboxylic acids is 1. The summed E-state index contributed by atoms with van der Waals surface area (Å²) in [5.41, 5.74) is 3.48. The van der Waals surface area contributed by atoms with Crippen LogP contribution in [0, 0.1) is 0 Å². The summed E-state index contributed by atoms with van der Waals surface area (Å²) in [6.45, 7) is 5.19. The highest BCUT2D eigenvalue weighted by Crippen LogP contribution is 2.27. The predicted octanol–water partition coefficient (Wildman–Crippen LogP) is 4.01. The first-order chi connectivity index (χ1) is 11.7. The first kappa shape index (κ1) is 16.7. The Balaban J connectivity index is 1.75. The lowest BCUT2D eigenvalue weighted by atomic mass is 10.0. The van der Waals surface area contributed by atoms with Crippen LogP contribution in [-0.4, -0.2) is 17.4 Å². The number of aromatic nitrogens is 1. The van der Waals surface area contributed by atoms with Crippen molar-refractivity contribution in [2.24, 2.45) is 0 Å². The fraction of sp³-hybridized carbons (Fsp3) is 0.400. The summed E-state index contributed by atoms with van der Waals surface area (Å²) in [7, 11) is 0. The van der Waals surface area contributed by atoms with E-state index in [2.05, 4.69) is 48.4 Å². The van der Waals surface area contributed by atoms with Crippen LogP contribution in [0.2, 0.25) is 0 Å². The van der Waals surface area contributed by atoms with E-state index < -0.39 is 0 Å². The molecule has 126 valence electrons. The molecule has 0 radical (unpaired) electrons. The van der Waals surface area contributed by atoms with Crippen LogP contribution in [0.4, 0.5) is 5.69 Å². The van der Waals surface area contributed by atoms with Gasteiger partial charge in [0.2, 0.25) is 5.91 Å². The van der Waals surface area contributed by atoms with Crippen molar-refractivity contribution in [3.8, 4) is 0 Å². The van der Waals surface area contributed by atoms with Crippen molar-refractivity contribution >= 4 is 11.6 Å². The summed E-state index contributed by atoms with van der Waals surface area (Å²) in [6, 6.07) is 13.0. The Morgan fingerprint density at radius 1 is 1.21 bits per heavy atom. The molecule has 1 fully saturated rings. The van der Waals surface area contributed by atoms with E-state index in [1.54, 1.807) is 0 Å². The second kappa shape index (κ2) is 7.58. The van der Waals surface area contributed by atoms with Crippen LogP contribution in [-0.2, 0) is 4.79 Å². The summed E-state index contributed by atoms with van der Waals surface area (Å²) in [6.07, 6.45) is 6.31. The van der Waals surface area contributed by atoms with Gasteiger partial charge in [0.15, 0.2) is 0 Å². The van der Waals surface area contributed by atoms with Gasteiger partial charge in [-0.05, 0) is 55.2 Å². The van der Waals surface area contributed by atoms with Crippen LogP contribution in [0.1, 0.15) is 56.3 Å². The molecule has 2 aromatic rings. The number of carbonyl (C=O) groups is 1. The minimum absolute atomic E-state index is 0.209. The van der Waals surface area contributed by atoms with Crippen LogP contribution < -0.4 is 10.2 Å². The maximum atomic E-state index is 12.0. The molecule has 1 aromatic heterocycles. The number of nitrogens with zero attached hydrogens (tertiary/aromatic N) is 2. The van der Waals surface area contributed by atoms with Crippen LogP contribution >= 0.6 is 0 Å². The molecule has 24 heavy (non-hydrogen) atoms. The first-order valence-corrected chi connectivity index (χ1v) is 8.75. The molecule has 1 amide bonds. The third-order valence-corrected chi connectivity index (χ3v) is 4.72. The van der Waals surface area contributed by atoms with E-state index in [-0.39, 0.29) is 11.9 Å². The van der Waals surface area contributed by atoms with Crippen molar-refractivity contribution < 1.29 is 4.79 Å². The van der Waals surface area contributed by atoms with E-state index in [1.165, 1.54) is 11.1 Å². The first-order valence-electron chi connectivity index (χ1n) is 8.75. The monoisotopic (exact) mass is 323 g/mol. The Kier molecular flexibility index (Phi) is 5.26. The summed E-state index contributed by atoms with van der Waals surface area (Å²) in [4.78, 5) is 18.0.